The Labute approximate surface area is 87.1 Å². The number of imide groups is 2. The standard InChI is InChI=1S/C10H12N2O3/c13-8-9(14)12(10(15)11-8)6-5-7-3-1-2-4-7/h3H,1-2,4-6H2,(H,11,13,15). The lowest BCUT2D eigenvalue weighted by atomic mass is 10.1. The summed E-state index contributed by atoms with van der Waals surface area (Å²) in [7, 11) is 0. The maximum absolute atomic E-state index is 11.2. The molecule has 15 heavy (non-hydrogen) atoms. The van der Waals surface area contributed by atoms with E-state index in [0.717, 1.165) is 24.2 Å². The zero-order valence-corrected chi connectivity index (χ0v) is 8.28. The van der Waals surface area contributed by atoms with Crippen LogP contribution >= 0.6 is 0 Å². The lowest BCUT2D eigenvalue weighted by Gasteiger charge is -2.11. The predicted octanol–water partition coefficient (Wildman–Crippen LogP) is 0.565. The van der Waals surface area contributed by atoms with Crippen molar-refractivity contribution >= 4 is 17.8 Å². The Kier molecular flexibility index (Phi) is 2.53. The first-order valence-corrected chi connectivity index (χ1v) is 5.03. The summed E-state index contributed by atoms with van der Waals surface area (Å²) in [6, 6.07) is -0.594. The van der Waals surface area contributed by atoms with Crippen molar-refractivity contribution in [3.05, 3.63) is 11.6 Å². The van der Waals surface area contributed by atoms with Gasteiger partial charge in [-0.3, -0.25) is 19.8 Å². The molecule has 0 aromatic carbocycles. The predicted molar refractivity (Wildman–Crippen MR) is 51.8 cm³/mol. The van der Waals surface area contributed by atoms with Gasteiger partial charge in [0, 0.05) is 6.54 Å². The van der Waals surface area contributed by atoms with Gasteiger partial charge in [0.1, 0.15) is 0 Å². The van der Waals surface area contributed by atoms with Crippen LogP contribution in [-0.2, 0) is 9.59 Å². The highest BCUT2D eigenvalue weighted by atomic mass is 16.2. The summed E-state index contributed by atoms with van der Waals surface area (Å²) in [5.74, 6) is -1.56. The number of hydrogen-bond acceptors (Lipinski definition) is 3. The van der Waals surface area contributed by atoms with Gasteiger partial charge in [-0.25, -0.2) is 4.79 Å². The average Bonchev–Trinajstić information content (AvgIpc) is 2.76. The third-order valence-electron chi connectivity index (χ3n) is 2.70. The molecule has 1 aliphatic carbocycles. The molecule has 2 aliphatic rings. The Morgan fingerprint density at radius 3 is 2.67 bits per heavy atom. The highest BCUT2D eigenvalue weighted by Gasteiger charge is 2.36. The Hall–Kier alpha value is -1.65. The number of nitrogens with one attached hydrogen (secondary N) is 1. The van der Waals surface area contributed by atoms with Gasteiger partial charge in [-0.15, -0.1) is 0 Å². The number of hydrogen-bond donors (Lipinski definition) is 1. The van der Waals surface area contributed by atoms with Crippen molar-refractivity contribution in [2.75, 3.05) is 6.54 Å². The molecule has 5 heteroatoms. The van der Waals surface area contributed by atoms with Gasteiger partial charge in [-0.05, 0) is 25.7 Å². The third kappa shape index (κ3) is 1.91. The van der Waals surface area contributed by atoms with E-state index in [4.69, 9.17) is 0 Å². The zero-order chi connectivity index (χ0) is 10.8. The maximum Gasteiger partial charge on any atom is 0.331 e. The second kappa shape index (κ2) is 3.84. The first kappa shape index (κ1) is 9.89. The van der Waals surface area contributed by atoms with Crippen LogP contribution in [0.3, 0.4) is 0 Å². The van der Waals surface area contributed by atoms with Gasteiger partial charge >= 0.3 is 17.8 Å². The largest absolute Gasteiger partial charge is 0.331 e. The summed E-state index contributed by atoms with van der Waals surface area (Å²) < 4.78 is 0. The molecular weight excluding hydrogens is 196 g/mol. The molecule has 1 saturated heterocycles. The van der Waals surface area contributed by atoms with Crippen LogP contribution in [0.2, 0.25) is 0 Å². The van der Waals surface area contributed by atoms with Crippen molar-refractivity contribution in [3.8, 4) is 0 Å². The number of amides is 4. The van der Waals surface area contributed by atoms with Crippen molar-refractivity contribution in [2.24, 2.45) is 0 Å². The van der Waals surface area contributed by atoms with Crippen molar-refractivity contribution < 1.29 is 14.4 Å². The van der Waals surface area contributed by atoms with Gasteiger partial charge < -0.3 is 0 Å². The quantitative estimate of drug-likeness (QED) is 0.419. The van der Waals surface area contributed by atoms with Crippen LogP contribution in [0.5, 0.6) is 0 Å². The van der Waals surface area contributed by atoms with E-state index in [-0.39, 0.29) is 0 Å². The van der Waals surface area contributed by atoms with E-state index in [9.17, 15) is 14.4 Å². The molecule has 0 aromatic heterocycles. The summed E-state index contributed by atoms with van der Waals surface area (Å²) >= 11 is 0. The second-order valence-corrected chi connectivity index (χ2v) is 3.72. The summed E-state index contributed by atoms with van der Waals surface area (Å²) in [5.41, 5.74) is 1.27. The number of rotatable bonds is 3. The topological polar surface area (TPSA) is 66.5 Å². The van der Waals surface area contributed by atoms with Crippen LogP contribution in [0, 0.1) is 0 Å². The fourth-order valence-corrected chi connectivity index (χ4v) is 1.86. The zero-order valence-electron chi connectivity index (χ0n) is 8.28. The molecule has 1 fully saturated rings. The number of urea groups is 1. The third-order valence-corrected chi connectivity index (χ3v) is 2.70. The van der Waals surface area contributed by atoms with E-state index >= 15 is 0 Å². The van der Waals surface area contributed by atoms with Gasteiger partial charge in [0.05, 0.1) is 0 Å². The Morgan fingerprint density at radius 1 is 1.33 bits per heavy atom. The Morgan fingerprint density at radius 2 is 2.13 bits per heavy atom. The molecule has 0 saturated carbocycles. The van der Waals surface area contributed by atoms with Crippen LogP contribution in [-0.4, -0.2) is 29.3 Å². The molecule has 5 nitrogen and oxygen atoms in total. The highest BCUT2D eigenvalue weighted by molar-refractivity contribution is 6.44. The van der Waals surface area contributed by atoms with Crippen molar-refractivity contribution in [2.45, 2.75) is 25.7 Å². The van der Waals surface area contributed by atoms with Crippen LogP contribution in [0.25, 0.3) is 0 Å². The summed E-state index contributed by atoms with van der Waals surface area (Å²) in [6.07, 6.45) is 6.09. The van der Waals surface area contributed by atoms with Crippen LogP contribution in [0.4, 0.5) is 4.79 Å². The summed E-state index contributed by atoms with van der Waals surface area (Å²) in [5, 5.41) is 1.97. The lowest BCUT2D eigenvalue weighted by Crippen LogP contribution is -2.32. The average molecular weight is 208 g/mol. The molecular formula is C10H12N2O3. The molecule has 2 rings (SSSR count). The molecule has 1 heterocycles. The normalized spacial score (nSPS) is 20.9. The van der Waals surface area contributed by atoms with E-state index in [1.54, 1.807) is 0 Å². The molecule has 80 valence electrons. The number of nitrogens with zero attached hydrogens (tertiary/aromatic N) is 1. The number of carbonyl (C=O) groups is 3. The monoisotopic (exact) mass is 208 g/mol. The van der Waals surface area contributed by atoms with E-state index in [0.29, 0.717) is 13.0 Å². The lowest BCUT2D eigenvalue weighted by molar-refractivity contribution is -0.140. The summed E-state index contributed by atoms with van der Waals surface area (Å²) in [6.45, 7) is 0.308. The molecule has 1 N–H and O–H groups in total. The first-order valence-electron chi connectivity index (χ1n) is 5.03. The van der Waals surface area contributed by atoms with Gasteiger partial charge in [0.15, 0.2) is 0 Å². The maximum atomic E-state index is 11.2. The minimum absolute atomic E-state index is 0.308. The molecule has 1 aliphatic heterocycles. The smallest absolute Gasteiger partial charge is 0.269 e. The Bertz CT molecular complexity index is 360. The minimum atomic E-state index is -0.819. The molecule has 4 amide bonds. The second-order valence-electron chi connectivity index (χ2n) is 3.72. The van der Waals surface area contributed by atoms with Gasteiger partial charge in [-0.1, -0.05) is 11.6 Å². The van der Waals surface area contributed by atoms with Crippen molar-refractivity contribution in [1.82, 2.24) is 10.2 Å². The van der Waals surface area contributed by atoms with E-state index in [1.807, 2.05) is 5.32 Å². The SMILES string of the molecule is O=C1NC(=O)N(CCC2=CCCC2)C1=O. The highest BCUT2D eigenvalue weighted by Crippen LogP contribution is 2.21. The van der Waals surface area contributed by atoms with Crippen LogP contribution in [0.1, 0.15) is 25.7 Å². The van der Waals surface area contributed by atoms with E-state index < -0.39 is 17.8 Å². The molecule has 0 aromatic rings. The van der Waals surface area contributed by atoms with Gasteiger partial charge in [0.2, 0.25) is 0 Å². The van der Waals surface area contributed by atoms with Crippen molar-refractivity contribution in [3.63, 3.8) is 0 Å². The van der Waals surface area contributed by atoms with E-state index in [1.165, 1.54) is 5.57 Å². The fraction of sp³-hybridized carbons (Fsp3) is 0.500. The number of allylic oxidation sites excluding steroid dienone is 1. The fourth-order valence-electron chi connectivity index (χ4n) is 1.86. The van der Waals surface area contributed by atoms with E-state index in [2.05, 4.69) is 6.08 Å². The molecule has 0 spiro atoms. The summed E-state index contributed by atoms with van der Waals surface area (Å²) in [4.78, 5) is 34.2. The van der Waals surface area contributed by atoms with Gasteiger partial charge in [-0.2, -0.15) is 0 Å². The first-order chi connectivity index (χ1) is 7.18. The molecule has 0 unspecified atom stereocenters. The van der Waals surface area contributed by atoms with Crippen LogP contribution < -0.4 is 5.32 Å². The number of carbonyl (C=O) groups excluding carboxylic acids is 3. The molecule has 0 bridgehead atoms. The Balaban J connectivity index is 1.91. The van der Waals surface area contributed by atoms with Gasteiger partial charge in [0.25, 0.3) is 0 Å². The molecule has 0 atom stereocenters. The van der Waals surface area contributed by atoms with Crippen LogP contribution in [0.15, 0.2) is 11.6 Å². The van der Waals surface area contributed by atoms with Crippen molar-refractivity contribution in [1.29, 1.82) is 0 Å². The minimum Gasteiger partial charge on any atom is -0.269 e. The molecule has 0 radical (unpaired) electrons.